The van der Waals surface area contributed by atoms with Crippen LogP contribution >= 0.6 is 0 Å². The van der Waals surface area contributed by atoms with Gasteiger partial charge in [0.15, 0.2) is 0 Å². The van der Waals surface area contributed by atoms with Crippen molar-refractivity contribution < 1.29 is 9.53 Å². The van der Waals surface area contributed by atoms with Crippen molar-refractivity contribution in [2.24, 2.45) is 0 Å². The van der Waals surface area contributed by atoms with E-state index in [1.54, 1.807) is 0 Å². The van der Waals surface area contributed by atoms with Crippen LogP contribution in [0, 0.1) is 0 Å². The number of hydrogen-bond donors (Lipinski definition) is 0. The van der Waals surface area contributed by atoms with E-state index in [0.29, 0.717) is 6.61 Å². The van der Waals surface area contributed by atoms with Crippen molar-refractivity contribution >= 4 is 5.97 Å². The molecule has 0 saturated heterocycles. The summed E-state index contributed by atoms with van der Waals surface area (Å²) < 4.78 is 4.98. The third-order valence-electron chi connectivity index (χ3n) is 2.40. The SMILES string of the molecule is CCOC(=O)C(C)=C(CC)CCN(C)C. The molecule has 0 spiro atoms. The van der Waals surface area contributed by atoms with E-state index < -0.39 is 0 Å². The van der Waals surface area contributed by atoms with Gasteiger partial charge in [-0.1, -0.05) is 12.5 Å². The maximum atomic E-state index is 11.5. The molecular weight excluding hydrogens is 190 g/mol. The minimum absolute atomic E-state index is 0.173. The van der Waals surface area contributed by atoms with Gasteiger partial charge in [-0.05, 0) is 40.8 Å². The Morgan fingerprint density at radius 1 is 1.27 bits per heavy atom. The highest BCUT2D eigenvalue weighted by Gasteiger charge is 2.10. The third kappa shape index (κ3) is 5.57. The Hall–Kier alpha value is -0.830. The van der Waals surface area contributed by atoms with Gasteiger partial charge in [0.25, 0.3) is 0 Å². The van der Waals surface area contributed by atoms with Gasteiger partial charge in [0.05, 0.1) is 6.61 Å². The van der Waals surface area contributed by atoms with Crippen molar-refractivity contribution in [2.75, 3.05) is 27.2 Å². The molecule has 88 valence electrons. The molecule has 0 N–H and O–H groups in total. The number of nitrogens with zero attached hydrogens (tertiary/aromatic N) is 1. The van der Waals surface area contributed by atoms with Crippen LogP contribution in [0.15, 0.2) is 11.1 Å². The zero-order valence-electron chi connectivity index (χ0n) is 10.6. The fourth-order valence-electron chi connectivity index (χ4n) is 1.37. The molecule has 0 aliphatic heterocycles. The van der Waals surface area contributed by atoms with Crippen molar-refractivity contribution in [3.05, 3.63) is 11.1 Å². The van der Waals surface area contributed by atoms with Crippen LogP contribution in [-0.4, -0.2) is 38.1 Å². The van der Waals surface area contributed by atoms with Crippen LogP contribution < -0.4 is 0 Å². The number of esters is 1. The minimum atomic E-state index is -0.173. The highest BCUT2D eigenvalue weighted by molar-refractivity contribution is 5.88. The Bertz CT molecular complexity index is 232. The first-order valence-corrected chi connectivity index (χ1v) is 5.53. The quantitative estimate of drug-likeness (QED) is 0.500. The lowest BCUT2D eigenvalue weighted by atomic mass is 10.0. The second-order valence-corrected chi connectivity index (χ2v) is 3.86. The smallest absolute Gasteiger partial charge is 0.333 e. The van der Waals surface area contributed by atoms with E-state index in [9.17, 15) is 4.79 Å². The molecule has 0 saturated carbocycles. The van der Waals surface area contributed by atoms with Gasteiger partial charge in [-0.15, -0.1) is 0 Å². The molecule has 3 nitrogen and oxygen atoms in total. The molecule has 0 fully saturated rings. The highest BCUT2D eigenvalue weighted by Crippen LogP contribution is 2.14. The average Bonchev–Trinajstić information content (AvgIpc) is 2.18. The monoisotopic (exact) mass is 213 g/mol. The molecule has 0 unspecified atom stereocenters. The molecule has 0 aromatic carbocycles. The summed E-state index contributed by atoms with van der Waals surface area (Å²) >= 11 is 0. The normalized spacial score (nSPS) is 12.7. The average molecular weight is 213 g/mol. The van der Waals surface area contributed by atoms with Crippen molar-refractivity contribution in [2.45, 2.75) is 33.6 Å². The molecule has 0 rings (SSSR count). The first kappa shape index (κ1) is 14.2. The summed E-state index contributed by atoms with van der Waals surface area (Å²) in [6.45, 7) is 7.18. The molecule has 0 aromatic heterocycles. The fourth-order valence-corrected chi connectivity index (χ4v) is 1.37. The zero-order chi connectivity index (χ0) is 11.8. The van der Waals surface area contributed by atoms with Gasteiger partial charge in [-0.3, -0.25) is 0 Å². The molecule has 0 radical (unpaired) electrons. The second-order valence-electron chi connectivity index (χ2n) is 3.86. The Balaban J connectivity index is 4.44. The predicted molar refractivity (Wildman–Crippen MR) is 62.8 cm³/mol. The highest BCUT2D eigenvalue weighted by atomic mass is 16.5. The van der Waals surface area contributed by atoms with E-state index in [2.05, 4.69) is 11.8 Å². The molecule has 0 bridgehead atoms. The summed E-state index contributed by atoms with van der Waals surface area (Å²) in [7, 11) is 4.07. The Morgan fingerprint density at radius 2 is 1.87 bits per heavy atom. The standard InChI is InChI=1S/C12H23NO2/c1-6-11(8-9-13(4)5)10(3)12(14)15-7-2/h6-9H2,1-5H3. The molecule has 3 heteroatoms. The lowest BCUT2D eigenvalue weighted by Gasteiger charge is -2.13. The topological polar surface area (TPSA) is 29.5 Å². The summed E-state index contributed by atoms with van der Waals surface area (Å²) in [5, 5.41) is 0. The number of hydrogen-bond acceptors (Lipinski definition) is 3. The molecule has 0 aromatic rings. The number of carbonyl (C=O) groups is 1. The van der Waals surface area contributed by atoms with Crippen LogP contribution in [0.3, 0.4) is 0 Å². The van der Waals surface area contributed by atoms with E-state index >= 15 is 0 Å². The van der Waals surface area contributed by atoms with Crippen molar-refractivity contribution in [3.8, 4) is 0 Å². The van der Waals surface area contributed by atoms with Gasteiger partial charge >= 0.3 is 5.97 Å². The first-order chi connectivity index (χ1) is 7.02. The Labute approximate surface area is 93.1 Å². The summed E-state index contributed by atoms with van der Waals surface area (Å²) in [4.78, 5) is 13.6. The molecule has 0 aliphatic rings. The van der Waals surface area contributed by atoms with Gasteiger partial charge in [-0.2, -0.15) is 0 Å². The van der Waals surface area contributed by atoms with Crippen LogP contribution in [0.1, 0.15) is 33.6 Å². The lowest BCUT2D eigenvalue weighted by Crippen LogP contribution is -2.15. The minimum Gasteiger partial charge on any atom is -0.463 e. The summed E-state index contributed by atoms with van der Waals surface area (Å²) in [6, 6.07) is 0. The van der Waals surface area contributed by atoms with E-state index in [0.717, 1.165) is 25.0 Å². The summed E-state index contributed by atoms with van der Waals surface area (Å²) in [6.07, 6.45) is 1.85. The first-order valence-electron chi connectivity index (χ1n) is 5.53. The maximum absolute atomic E-state index is 11.5. The molecule has 0 aliphatic carbocycles. The van der Waals surface area contributed by atoms with Crippen LogP contribution in [0.5, 0.6) is 0 Å². The van der Waals surface area contributed by atoms with E-state index in [4.69, 9.17) is 4.74 Å². The Kier molecular flexibility index (Phi) is 7.05. The van der Waals surface area contributed by atoms with Gasteiger partial charge < -0.3 is 9.64 Å². The van der Waals surface area contributed by atoms with E-state index in [-0.39, 0.29) is 5.97 Å². The zero-order valence-corrected chi connectivity index (χ0v) is 10.6. The van der Waals surface area contributed by atoms with Crippen LogP contribution in [0.25, 0.3) is 0 Å². The molecular formula is C12H23NO2. The van der Waals surface area contributed by atoms with E-state index in [1.165, 1.54) is 5.57 Å². The molecule has 0 atom stereocenters. The van der Waals surface area contributed by atoms with Crippen LogP contribution in [-0.2, 0) is 9.53 Å². The van der Waals surface area contributed by atoms with Gasteiger partial charge in [0.2, 0.25) is 0 Å². The van der Waals surface area contributed by atoms with Gasteiger partial charge in [0, 0.05) is 12.1 Å². The van der Waals surface area contributed by atoms with E-state index in [1.807, 2.05) is 27.9 Å². The van der Waals surface area contributed by atoms with Crippen molar-refractivity contribution in [1.82, 2.24) is 4.90 Å². The third-order valence-corrected chi connectivity index (χ3v) is 2.40. The maximum Gasteiger partial charge on any atom is 0.333 e. The molecule has 15 heavy (non-hydrogen) atoms. The lowest BCUT2D eigenvalue weighted by molar-refractivity contribution is -0.138. The Morgan fingerprint density at radius 3 is 2.27 bits per heavy atom. The van der Waals surface area contributed by atoms with Gasteiger partial charge in [-0.25, -0.2) is 4.79 Å². The number of rotatable bonds is 6. The molecule has 0 amide bonds. The van der Waals surface area contributed by atoms with Crippen molar-refractivity contribution in [3.63, 3.8) is 0 Å². The van der Waals surface area contributed by atoms with Gasteiger partial charge in [0.1, 0.15) is 0 Å². The predicted octanol–water partition coefficient (Wildman–Crippen LogP) is 2.23. The van der Waals surface area contributed by atoms with Crippen LogP contribution in [0.4, 0.5) is 0 Å². The fraction of sp³-hybridized carbons (Fsp3) is 0.750. The number of ether oxygens (including phenoxy) is 1. The summed E-state index contributed by atoms with van der Waals surface area (Å²) in [5.74, 6) is -0.173. The second kappa shape index (κ2) is 7.46. The molecule has 0 heterocycles. The summed E-state index contributed by atoms with van der Waals surface area (Å²) in [5.41, 5.74) is 1.98. The number of carbonyl (C=O) groups excluding carboxylic acids is 1. The van der Waals surface area contributed by atoms with Crippen LogP contribution in [0.2, 0.25) is 0 Å². The largest absolute Gasteiger partial charge is 0.463 e. The van der Waals surface area contributed by atoms with Crippen molar-refractivity contribution in [1.29, 1.82) is 0 Å².